The summed E-state index contributed by atoms with van der Waals surface area (Å²) in [6.07, 6.45) is -1.13. The van der Waals surface area contributed by atoms with Gasteiger partial charge in [0, 0.05) is 27.6 Å². The summed E-state index contributed by atoms with van der Waals surface area (Å²) in [6, 6.07) is 12.1. The molecule has 26 heavy (non-hydrogen) atoms. The van der Waals surface area contributed by atoms with Gasteiger partial charge in [-0.25, -0.2) is 13.2 Å². The Kier molecular flexibility index (Phi) is 4.03. The average Bonchev–Trinajstić information content (AvgIpc) is 2.62. The number of aromatic nitrogens is 1. The monoisotopic (exact) mass is 372 g/mol. The molecule has 0 saturated heterocycles. The Morgan fingerprint density at radius 1 is 1.12 bits per heavy atom. The zero-order valence-electron chi connectivity index (χ0n) is 14.1. The third-order valence-corrected chi connectivity index (χ3v) is 5.88. The summed E-state index contributed by atoms with van der Waals surface area (Å²) in [5.41, 5.74) is 3.03. The van der Waals surface area contributed by atoms with Gasteiger partial charge in [0.25, 0.3) is 6.43 Å². The summed E-state index contributed by atoms with van der Waals surface area (Å²) >= 11 is 1.08. The quantitative estimate of drug-likeness (QED) is 0.584. The fourth-order valence-corrected chi connectivity index (χ4v) is 4.20. The standard InChI is InChI=1S/C20H15F3N2S/c1-11-5-3-7-14-16(25-20(2,19(22)23)26-18(11)14)13-9-12-6-4-8-15(21)17(12)24-10-13/h3-10,19H,1-2H3/t20-/m1/s1. The van der Waals surface area contributed by atoms with Crippen molar-refractivity contribution in [1.82, 2.24) is 4.98 Å². The molecule has 1 aromatic heterocycles. The molecule has 1 aliphatic rings. The number of nitrogens with zero attached hydrogens (tertiary/aromatic N) is 2. The van der Waals surface area contributed by atoms with E-state index < -0.39 is 17.1 Å². The highest BCUT2D eigenvalue weighted by atomic mass is 32.2. The van der Waals surface area contributed by atoms with Crippen molar-refractivity contribution in [3.05, 3.63) is 71.2 Å². The maximum Gasteiger partial charge on any atom is 0.272 e. The first-order chi connectivity index (χ1) is 12.4. The zero-order valence-corrected chi connectivity index (χ0v) is 14.9. The fraction of sp³-hybridized carbons (Fsp3) is 0.200. The van der Waals surface area contributed by atoms with Crippen molar-refractivity contribution in [1.29, 1.82) is 0 Å². The van der Waals surface area contributed by atoms with Crippen molar-refractivity contribution in [3.63, 3.8) is 0 Å². The molecule has 2 heterocycles. The zero-order chi connectivity index (χ0) is 18.5. The Balaban J connectivity index is 1.96. The Labute approximate surface area is 153 Å². The largest absolute Gasteiger partial charge is 0.272 e. The number of alkyl halides is 2. The van der Waals surface area contributed by atoms with E-state index in [0.717, 1.165) is 27.8 Å². The molecule has 1 aliphatic heterocycles. The minimum absolute atomic E-state index is 0.253. The van der Waals surface area contributed by atoms with Crippen molar-refractivity contribution < 1.29 is 13.2 Å². The van der Waals surface area contributed by atoms with Crippen LogP contribution in [0.3, 0.4) is 0 Å². The van der Waals surface area contributed by atoms with Gasteiger partial charge in [-0.2, -0.15) is 0 Å². The van der Waals surface area contributed by atoms with Crippen LogP contribution in [0.2, 0.25) is 0 Å². The summed E-state index contributed by atoms with van der Waals surface area (Å²) in [6.45, 7) is 3.33. The lowest BCUT2D eigenvalue weighted by Gasteiger charge is -2.31. The van der Waals surface area contributed by atoms with Crippen molar-refractivity contribution in [2.75, 3.05) is 0 Å². The van der Waals surface area contributed by atoms with Gasteiger partial charge < -0.3 is 0 Å². The van der Waals surface area contributed by atoms with Crippen molar-refractivity contribution in [3.8, 4) is 0 Å². The molecule has 132 valence electrons. The minimum atomic E-state index is -2.62. The molecule has 0 fully saturated rings. The number of halogens is 3. The first-order valence-electron chi connectivity index (χ1n) is 8.11. The van der Waals surface area contributed by atoms with Gasteiger partial charge in [0.2, 0.25) is 0 Å². The molecule has 4 rings (SSSR count). The second-order valence-corrected chi connectivity index (χ2v) is 7.84. The van der Waals surface area contributed by atoms with E-state index in [0.29, 0.717) is 16.7 Å². The summed E-state index contributed by atoms with van der Waals surface area (Å²) in [4.78, 5) is 7.80. The summed E-state index contributed by atoms with van der Waals surface area (Å²) < 4.78 is 41.4. The van der Waals surface area contributed by atoms with Gasteiger partial charge >= 0.3 is 0 Å². The van der Waals surface area contributed by atoms with Crippen molar-refractivity contribution in [2.24, 2.45) is 4.99 Å². The molecule has 0 saturated carbocycles. The minimum Gasteiger partial charge on any atom is -0.260 e. The van der Waals surface area contributed by atoms with Crippen LogP contribution in [0, 0.1) is 12.7 Å². The number of benzene rings is 2. The molecule has 0 aliphatic carbocycles. The van der Waals surface area contributed by atoms with Crippen LogP contribution in [0.15, 0.2) is 58.5 Å². The maximum atomic E-state index is 13.9. The second-order valence-electron chi connectivity index (χ2n) is 6.40. The SMILES string of the molecule is Cc1cccc2c1S[C@](C)(C(F)F)N=C2c1cnc2c(F)cccc2c1. The number of aliphatic imine (C=N–C) groups is 1. The summed E-state index contributed by atoms with van der Waals surface area (Å²) in [5, 5.41) is 0.608. The topological polar surface area (TPSA) is 25.2 Å². The van der Waals surface area contributed by atoms with E-state index in [9.17, 15) is 13.2 Å². The molecule has 2 aromatic carbocycles. The maximum absolute atomic E-state index is 13.9. The molecular weight excluding hydrogens is 357 g/mol. The summed E-state index contributed by atoms with van der Waals surface area (Å²) in [7, 11) is 0. The number of thioether (sulfide) groups is 1. The average molecular weight is 372 g/mol. The predicted octanol–water partition coefficient (Wildman–Crippen LogP) is 5.61. The van der Waals surface area contributed by atoms with Gasteiger partial charge in [-0.3, -0.25) is 9.98 Å². The molecular formula is C20H15F3N2S. The number of aryl methyl sites for hydroxylation is 1. The lowest BCUT2D eigenvalue weighted by Crippen LogP contribution is -2.32. The molecule has 0 radical (unpaired) electrons. The smallest absolute Gasteiger partial charge is 0.260 e. The Bertz CT molecular complexity index is 1050. The number of hydrogen-bond acceptors (Lipinski definition) is 3. The summed E-state index contributed by atoms with van der Waals surface area (Å²) in [5.74, 6) is -0.413. The van der Waals surface area contributed by atoms with Gasteiger partial charge in [0.15, 0.2) is 4.87 Å². The molecule has 0 N–H and O–H groups in total. The Morgan fingerprint density at radius 3 is 2.65 bits per heavy atom. The Morgan fingerprint density at radius 2 is 1.88 bits per heavy atom. The Hall–Kier alpha value is -2.34. The van der Waals surface area contributed by atoms with Crippen LogP contribution in [0.25, 0.3) is 10.9 Å². The molecule has 0 unspecified atom stereocenters. The third kappa shape index (κ3) is 2.69. The van der Waals surface area contributed by atoms with Crippen LogP contribution < -0.4 is 0 Å². The number of hydrogen-bond donors (Lipinski definition) is 0. The molecule has 0 spiro atoms. The van der Waals surface area contributed by atoms with Crippen LogP contribution in [0.4, 0.5) is 13.2 Å². The van der Waals surface area contributed by atoms with Crippen LogP contribution >= 0.6 is 11.8 Å². The van der Waals surface area contributed by atoms with Gasteiger partial charge in [-0.05, 0) is 31.5 Å². The molecule has 0 bridgehead atoms. The molecule has 2 nitrogen and oxygen atoms in total. The van der Waals surface area contributed by atoms with E-state index in [2.05, 4.69) is 9.98 Å². The molecule has 3 aromatic rings. The number of pyridine rings is 1. The van der Waals surface area contributed by atoms with E-state index in [4.69, 9.17) is 0 Å². The highest BCUT2D eigenvalue weighted by molar-refractivity contribution is 8.01. The highest BCUT2D eigenvalue weighted by Crippen LogP contribution is 2.46. The number of para-hydroxylation sites is 1. The predicted molar refractivity (Wildman–Crippen MR) is 98.8 cm³/mol. The van der Waals surface area contributed by atoms with E-state index >= 15 is 0 Å². The van der Waals surface area contributed by atoms with E-state index in [1.807, 2.05) is 25.1 Å². The molecule has 6 heteroatoms. The van der Waals surface area contributed by atoms with Gasteiger partial charge in [-0.1, -0.05) is 42.1 Å². The van der Waals surface area contributed by atoms with Crippen LogP contribution in [-0.4, -0.2) is 22.0 Å². The van der Waals surface area contributed by atoms with Crippen LogP contribution in [-0.2, 0) is 0 Å². The fourth-order valence-electron chi connectivity index (χ4n) is 3.05. The number of fused-ring (bicyclic) bond motifs is 2. The van der Waals surface area contributed by atoms with E-state index in [1.54, 1.807) is 18.2 Å². The van der Waals surface area contributed by atoms with Crippen LogP contribution in [0.5, 0.6) is 0 Å². The lowest BCUT2D eigenvalue weighted by atomic mass is 9.99. The third-order valence-electron chi connectivity index (χ3n) is 4.45. The van der Waals surface area contributed by atoms with Crippen molar-refractivity contribution in [2.45, 2.75) is 30.0 Å². The highest BCUT2D eigenvalue weighted by Gasteiger charge is 2.41. The molecule has 1 atom stereocenters. The first-order valence-corrected chi connectivity index (χ1v) is 8.92. The lowest BCUT2D eigenvalue weighted by molar-refractivity contribution is 0.109. The first kappa shape index (κ1) is 17.1. The van der Waals surface area contributed by atoms with Gasteiger partial charge in [-0.15, -0.1) is 0 Å². The second kappa shape index (κ2) is 6.13. The van der Waals surface area contributed by atoms with Gasteiger partial charge in [0.05, 0.1) is 5.71 Å². The van der Waals surface area contributed by atoms with E-state index in [1.165, 1.54) is 19.2 Å². The van der Waals surface area contributed by atoms with E-state index in [-0.39, 0.29) is 5.52 Å². The van der Waals surface area contributed by atoms with Crippen LogP contribution in [0.1, 0.15) is 23.6 Å². The van der Waals surface area contributed by atoms with Crippen molar-refractivity contribution >= 4 is 28.4 Å². The molecule has 0 amide bonds. The number of rotatable bonds is 2. The van der Waals surface area contributed by atoms with Gasteiger partial charge in [0.1, 0.15) is 11.3 Å². The normalized spacial score (nSPS) is 19.5.